The molecule has 0 heterocycles. The van der Waals surface area contributed by atoms with Gasteiger partial charge in [-0.15, -0.1) is 0 Å². The normalized spacial score (nSPS) is 13.9. The second kappa shape index (κ2) is 7.62. The van der Waals surface area contributed by atoms with Gasteiger partial charge >= 0.3 is 5.97 Å². The van der Waals surface area contributed by atoms with Crippen molar-refractivity contribution in [2.75, 3.05) is 19.6 Å². The van der Waals surface area contributed by atoms with Crippen molar-refractivity contribution in [2.24, 2.45) is 5.92 Å². The van der Waals surface area contributed by atoms with E-state index >= 15 is 0 Å². The van der Waals surface area contributed by atoms with E-state index in [1.54, 1.807) is 13.8 Å². The maximum atomic E-state index is 11.7. The molecule has 0 saturated heterocycles. The molecule has 0 aliphatic heterocycles. The van der Waals surface area contributed by atoms with Crippen LogP contribution in [0.5, 0.6) is 0 Å². The highest BCUT2D eigenvalue weighted by Gasteiger charge is 2.22. The van der Waals surface area contributed by atoms with E-state index in [0.717, 1.165) is 0 Å². The molecule has 0 aromatic rings. The third kappa shape index (κ3) is 5.47. The molecule has 0 amide bonds. The van der Waals surface area contributed by atoms with Crippen LogP contribution >= 0.6 is 0 Å². The van der Waals surface area contributed by atoms with Gasteiger partial charge in [-0.05, 0) is 6.42 Å². The van der Waals surface area contributed by atoms with Crippen molar-refractivity contribution in [2.45, 2.75) is 33.6 Å². The summed E-state index contributed by atoms with van der Waals surface area (Å²) in [6.07, 6.45) is 1.18. The molecule has 1 atom stereocenters. The van der Waals surface area contributed by atoms with Crippen LogP contribution in [0.1, 0.15) is 33.6 Å². The molecule has 0 aliphatic rings. The summed E-state index contributed by atoms with van der Waals surface area (Å²) < 4.78 is 27.1. The van der Waals surface area contributed by atoms with Gasteiger partial charge in [0.15, 0.2) is 0 Å². The summed E-state index contributed by atoms with van der Waals surface area (Å²) in [7, 11) is -3.55. The first-order valence-corrected chi connectivity index (χ1v) is 7.30. The zero-order valence-corrected chi connectivity index (χ0v) is 11.5. The number of rotatable bonds is 9. The van der Waals surface area contributed by atoms with Crippen LogP contribution in [0.2, 0.25) is 0 Å². The fourth-order valence-corrected chi connectivity index (χ4v) is 2.80. The Morgan fingerprint density at radius 1 is 1.29 bits per heavy atom. The highest BCUT2D eigenvalue weighted by Crippen LogP contribution is 2.06. The summed E-state index contributed by atoms with van der Waals surface area (Å²) in [6.45, 7) is 6.04. The minimum Gasteiger partial charge on any atom is -0.481 e. The Balaban J connectivity index is 4.47. The Bertz CT molecular complexity index is 325. The highest BCUT2D eigenvalue weighted by molar-refractivity contribution is 7.87. The molecule has 6 nitrogen and oxygen atoms in total. The fraction of sp³-hybridized carbons (Fsp3) is 0.900. The Morgan fingerprint density at radius 2 is 1.82 bits per heavy atom. The first-order valence-electron chi connectivity index (χ1n) is 5.86. The molecule has 102 valence electrons. The van der Waals surface area contributed by atoms with Crippen molar-refractivity contribution < 1.29 is 18.3 Å². The van der Waals surface area contributed by atoms with E-state index < -0.39 is 22.1 Å². The van der Waals surface area contributed by atoms with Gasteiger partial charge in [-0.25, -0.2) is 4.72 Å². The molecule has 0 fully saturated rings. The SMILES string of the molecule is CCCC(CNS(=O)(=O)N(CC)CC)C(=O)O. The molecule has 0 bridgehead atoms. The van der Waals surface area contributed by atoms with Gasteiger partial charge < -0.3 is 5.11 Å². The summed E-state index contributed by atoms with van der Waals surface area (Å²) in [5.74, 6) is -1.63. The monoisotopic (exact) mass is 266 g/mol. The van der Waals surface area contributed by atoms with Gasteiger partial charge in [0.1, 0.15) is 0 Å². The number of nitrogens with zero attached hydrogens (tertiary/aromatic N) is 1. The molecule has 0 saturated carbocycles. The highest BCUT2D eigenvalue weighted by atomic mass is 32.2. The molecule has 0 rings (SSSR count). The van der Waals surface area contributed by atoms with Crippen molar-refractivity contribution in [1.82, 2.24) is 9.03 Å². The first kappa shape index (κ1) is 16.3. The fourth-order valence-electron chi connectivity index (χ4n) is 1.52. The molecular weight excluding hydrogens is 244 g/mol. The van der Waals surface area contributed by atoms with Gasteiger partial charge in [0.25, 0.3) is 10.2 Å². The Morgan fingerprint density at radius 3 is 2.18 bits per heavy atom. The van der Waals surface area contributed by atoms with E-state index in [-0.39, 0.29) is 6.54 Å². The Hall–Kier alpha value is -0.660. The third-order valence-corrected chi connectivity index (χ3v) is 4.27. The molecule has 0 aromatic heterocycles. The molecule has 1 unspecified atom stereocenters. The maximum Gasteiger partial charge on any atom is 0.307 e. The predicted octanol–water partition coefficient (Wildman–Crippen LogP) is 0.664. The van der Waals surface area contributed by atoms with Gasteiger partial charge in [-0.1, -0.05) is 27.2 Å². The number of carbonyl (C=O) groups is 1. The Labute approximate surface area is 103 Å². The first-order chi connectivity index (χ1) is 7.88. The van der Waals surface area contributed by atoms with Gasteiger partial charge in [-0.2, -0.15) is 12.7 Å². The maximum absolute atomic E-state index is 11.7. The molecule has 0 radical (unpaired) electrons. The van der Waals surface area contributed by atoms with E-state index in [2.05, 4.69) is 4.72 Å². The van der Waals surface area contributed by atoms with Crippen LogP contribution < -0.4 is 4.72 Å². The van der Waals surface area contributed by atoms with E-state index in [9.17, 15) is 13.2 Å². The van der Waals surface area contributed by atoms with Crippen LogP contribution in [-0.4, -0.2) is 43.4 Å². The zero-order valence-electron chi connectivity index (χ0n) is 10.6. The van der Waals surface area contributed by atoms with Crippen molar-refractivity contribution in [3.05, 3.63) is 0 Å². The summed E-state index contributed by atoms with van der Waals surface area (Å²) >= 11 is 0. The number of hydrogen-bond acceptors (Lipinski definition) is 3. The van der Waals surface area contributed by atoms with Crippen LogP contribution in [0.3, 0.4) is 0 Å². The molecule has 2 N–H and O–H groups in total. The van der Waals surface area contributed by atoms with Crippen LogP contribution in [0.15, 0.2) is 0 Å². The molecule has 0 aromatic carbocycles. The molecule has 17 heavy (non-hydrogen) atoms. The van der Waals surface area contributed by atoms with Crippen molar-refractivity contribution in [1.29, 1.82) is 0 Å². The lowest BCUT2D eigenvalue weighted by Gasteiger charge is -2.20. The predicted molar refractivity (Wildman–Crippen MR) is 65.9 cm³/mol. The smallest absolute Gasteiger partial charge is 0.307 e. The largest absolute Gasteiger partial charge is 0.481 e. The zero-order chi connectivity index (χ0) is 13.5. The number of nitrogens with one attached hydrogen (secondary N) is 1. The average Bonchev–Trinajstić information content (AvgIpc) is 2.25. The van der Waals surface area contributed by atoms with Crippen LogP contribution in [-0.2, 0) is 15.0 Å². The van der Waals surface area contributed by atoms with Crippen LogP contribution in [0, 0.1) is 5.92 Å². The molecule has 0 aliphatic carbocycles. The second-order valence-corrected chi connectivity index (χ2v) is 5.52. The number of hydrogen-bond donors (Lipinski definition) is 2. The summed E-state index contributed by atoms with van der Waals surface area (Å²) in [5.41, 5.74) is 0. The molecular formula is C10H22N2O4S. The van der Waals surface area contributed by atoms with Crippen molar-refractivity contribution >= 4 is 16.2 Å². The minimum atomic E-state index is -3.55. The number of carboxylic acid groups (broad SMARTS) is 1. The number of aliphatic carboxylic acids is 1. The van der Waals surface area contributed by atoms with Crippen LogP contribution in [0.4, 0.5) is 0 Å². The molecule has 0 spiro atoms. The van der Waals surface area contributed by atoms with E-state index in [4.69, 9.17) is 5.11 Å². The van der Waals surface area contributed by atoms with Gasteiger partial charge in [0.05, 0.1) is 5.92 Å². The van der Waals surface area contributed by atoms with E-state index in [1.165, 1.54) is 4.31 Å². The number of carboxylic acids is 1. The lowest BCUT2D eigenvalue weighted by Crippen LogP contribution is -2.43. The van der Waals surface area contributed by atoms with E-state index in [1.807, 2.05) is 6.92 Å². The summed E-state index contributed by atoms with van der Waals surface area (Å²) in [4.78, 5) is 10.9. The second-order valence-electron chi connectivity index (χ2n) is 3.76. The topological polar surface area (TPSA) is 86.7 Å². The minimum absolute atomic E-state index is 0.0536. The average molecular weight is 266 g/mol. The van der Waals surface area contributed by atoms with Gasteiger partial charge in [0.2, 0.25) is 0 Å². The van der Waals surface area contributed by atoms with Gasteiger partial charge in [-0.3, -0.25) is 4.79 Å². The Kier molecular flexibility index (Phi) is 7.33. The van der Waals surface area contributed by atoms with Gasteiger partial charge in [0, 0.05) is 19.6 Å². The quantitative estimate of drug-likeness (QED) is 0.642. The van der Waals surface area contributed by atoms with Crippen molar-refractivity contribution in [3.8, 4) is 0 Å². The lowest BCUT2D eigenvalue weighted by atomic mass is 10.1. The molecule has 7 heteroatoms. The summed E-state index contributed by atoms with van der Waals surface area (Å²) in [6, 6.07) is 0. The standard InChI is InChI=1S/C10H22N2O4S/c1-4-7-9(10(13)14)8-11-17(15,16)12(5-2)6-3/h9,11H,4-8H2,1-3H3,(H,13,14). The third-order valence-electron chi connectivity index (χ3n) is 2.54. The van der Waals surface area contributed by atoms with E-state index in [0.29, 0.717) is 25.9 Å². The lowest BCUT2D eigenvalue weighted by molar-refractivity contribution is -0.141. The van der Waals surface area contributed by atoms with Crippen molar-refractivity contribution in [3.63, 3.8) is 0 Å². The van der Waals surface area contributed by atoms with Crippen LogP contribution in [0.25, 0.3) is 0 Å². The summed E-state index contributed by atoms with van der Waals surface area (Å²) in [5, 5.41) is 8.91.